The van der Waals surface area contributed by atoms with Crippen LogP contribution in [0.4, 0.5) is 0 Å². The Balaban J connectivity index is 0. The van der Waals surface area contributed by atoms with Crippen molar-refractivity contribution in [2.24, 2.45) is 0 Å². The number of Topliss-reactive ketones (excluding diaryl/α,β-unsaturated/α-hetero) is 2. The van der Waals surface area contributed by atoms with Gasteiger partial charge in [0, 0.05) is 12.8 Å². The van der Waals surface area contributed by atoms with E-state index in [1.54, 1.807) is 0 Å². The van der Waals surface area contributed by atoms with E-state index in [0.717, 1.165) is 51.4 Å². The molecule has 0 bridgehead atoms. The molecule has 0 radical (unpaired) electrons. The molecule has 0 saturated heterocycles. The summed E-state index contributed by atoms with van der Waals surface area (Å²) in [7, 11) is 1.50. The molecule has 0 aliphatic carbocycles. The minimum Gasteiger partial charge on any atom is -0.394 e. The third-order valence-electron chi connectivity index (χ3n) is 9.20. The molecule has 5 N–H and O–H groups in total. The molecule has 2 unspecified atom stereocenters. The van der Waals surface area contributed by atoms with Gasteiger partial charge in [0.15, 0.2) is 11.6 Å². The number of phosphoric acid groups is 1. The summed E-state index contributed by atoms with van der Waals surface area (Å²) in [6.07, 6.45) is 30.5. The number of ketones is 2. The van der Waals surface area contributed by atoms with Gasteiger partial charge in [0.2, 0.25) is 5.60 Å². The Morgan fingerprint density at radius 3 is 1.29 bits per heavy atom. The van der Waals surface area contributed by atoms with E-state index in [0.29, 0.717) is 23.9 Å². The molecule has 0 heterocycles. The molecule has 0 amide bonds. The van der Waals surface area contributed by atoms with Crippen LogP contribution < -0.4 is 0 Å². The molecule has 51 heavy (non-hydrogen) atoms. The van der Waals surface area contributed by atoms with Crippen molar-refractivity contribution < 1.29 is 48.3 Å². The molecule has 0 rings (SSSR count). The molecule has 0 aliphatic rings. The summed E-state index contributed by atoms with van der Waals surface area (Å²) in [5, 5.41) is 30.5. The minimum absolute atomic E-state index is 0.0513. The number of allylic oxidation sites excluding steroid dienone is 2. The zero-order chi connectivity index (χ0) is 38.9. The smallest absolute Gasteiger partial charge is 0.394 e. The van der Waals surface area contributed by atoms with E-state index in [9.17, 15) is 29.5 Å². The lowest BCUT2D eigenvalue weighted by Gasteiger charge is -2.29. The highest BCUT2D eigenvalue weighted by Gasteiger charge is 2.48. The minimum atomic E-state index is -4.26. The van der Waals surface area contributed by atoms with Crippen LogP contribution in [0.1, 0.15) is 181 Å². The monoisotopic (exact) mass is 751 g/mol. The van der Waals surface area contributed by atoms with E-state index in [4.69, 9.17) is 9.79 Å². The number of nitrogens with zero attached hydrogens (tertiary/aromatic N) is 1. The van der Waals surface area contributed by atoms with E-state index in [2.05, 4.69) is 30.5 Å². The first-order valence-electron chi connectivity index (χ1n) is 20.4. The van der Waals surface area contributed by atoms with Crippen LogP contribution in [0, 0.1) is 0 Å². The first-order valence-corrected chi connectivity index (χ1v) is 21.9. The number of quaternary nitrogens is 1. The second kappa shape index (κ2) is 33.6. The van der Waals surface area contributed by atoms with Crippen molar-refractivity contribution in [1.82, 2.24) is 0 Å². The van der Waals surface area contributed by atoms with Crippen LogP contribution in [0.5, 0.6) is 0 Å². The first-order chi connectivity index (χ1) is 24.2. The maximum Gasteiger partial charge on any atom is 0.469 e. The Morgan fingerprint density at radius 2 is 0.980 bits per heavy atom. The van der Waals surface area contributed by atoms with Gasteiger partial charge in [-0.25, -0.2) is 4.57 Å². The zero-order valence-corrected chi connectivity index (χ0v) is 34.4. The summed E-state index contributed by atoms with van der Waals surface area (Å²) in [6.45, 7) is 4.32. The van der Waals surface area contributed by atoms with E-state index in [-0.39, 0.29) is 19.4 Å². The highest BCUT2D eigenvalue weighted by molar-refractivity contribution is 7.46. The zero-order valence-electron chi connectivity index (χ0n) is 33.5. The Bertz CT molecular complexity index is 903. The molecule has 0 aromatic rings. The van der Waals surface area contributed by atoms with Gasteiger partial charge >= 0.3 is 7.82 Å². The van der Waals surface area contributed by atoms with Gasteiger partial charge < -0.3 is 29.6 Å². The summed E-state index contributed by atoms with van der Waals surface area (Å²) in [4.78, 5) is 42.2. The molecule has 11 heteroatoms. The van der Waals surface area contributed by atoms with E-state index in [1.165, 1.54) is 89.9 Å². The van der Waals surface area contributed by atoms with Crippen molar-refractivity contribution >= 4 is 19.4 Å². The number of unbranched alkanes of at least 4 members (excludes halogenated alkanes) is 21. The van der Waals surface area contributed by atoms with E-state index < -0.39 is 37.7 Å². The van der Waals surface area contributed by atoms with E-state index >= 15 is 0 Å². The molecule has 0 aromatic heterocycles. The predicted molar refractivity (Wildman–Crippen MR) is 209 cm³/mol. The van der Waals surface area contributed by atoms with Crippen LogP contribution in [0.25, 0.3) is 0 Å². The highest BCUT2D eigenvalue weighted by Crippen LogP contribution is 2.35. The maximum atomic E-state index is 12.8. The van der Waals surface area contributed by atoms with Gasteiger partial charge in [-0.15, -0.1) is 0 Å². The summed E-state index contributed by atoms with van der Waals surface area (Å²) >= 11 is 0. The summed E-state index contributed by atoms with van der Waals surface area (Å²) < 4.78 is 15.1. The van der Waals surface area contributed by atoms with Gasteiger partial charge in [0.05, 0.1) is 27.7 Å². The first kappa shape index (κ1) is 52.1. The lowest BCUT2D eigenvalue weighted by Crippen LogP contribution is -2.57. The molecule has 2 atom stereocenters. The second-order valence-corrected chi connectivity index (χ2v) is 16.5. The van der Waals surface area contributed by atoms with Crippen LogP contribution in [0.15, 0.2) is 12.2 Å². The number of carbonyl (C=O) groups is 2. The Morgan fingerprint density at radius 1 is 0.647 bits per heavy atom. The van der Waals surface area contributed by atoms with Crippen molar-refractivity contribution in [3.05, 3.63) is 12.2 Å². The normalized spacial score (nSPS) is 13.9. The Hall–Kier alpha value is -0.970. The highest BCUT2D eigenvalue weighted by atomic mass is 31.2. The topological polar surface area (TPSA) is 162 Å². The fourth-order valence-corrected chi connectivity index (χ4v) is 6.10. The number of hydrogen-bond donors (Lipinski definition) is 5. The standard InChI is InChI=1S/C35H66O5.C5H14NO4P/c1-3-5-7-9-11-13-15-16-17-18-20-22-24-26-28-30-33(38)35(40,34(39)31-36)32(37)29-27-25-23-21-19-14-12-10-8-6-4-2;1-6(2,3)4-5-10-11(7,8)9/h16-17,34,36,39-40H,3-15,18-31H2,1-2H3;4-5H2,1-3H3,(H-,7,8,9)/p+1/b17-16-;. The lowest BCUT2D eigenvalue weighted by atomic mass is 9.82. The Labute approximate surface area is 312 Å². The average molecular weight is 751 g/mol. The van der Waals surface area contributed by atoms with Gasteiger partial charge in [-0.05, 0) is 38.5 Å². The van der Waals surface area contributed by atoms with Crippen LogP contribution >= 0.6 is 7.82 Å². The molecule has 0 fully saturated rings. The fraction of sp³-hybridized carbons (Fsp3) is 0.900. The predicted octanol–water partition coefficient (Wildman–Crippen LogP) is 8.75. The number of hydrogen-bond acceptors (Lipinski definition) is 7. The lowest BCUT2D eigenvalue weighted by molar-refractivity contribution is -0.870. The quantitative estimate of drug-likeness (QED) is 0.0140. The molecular formula is C40H81NO9P+. The van der Waals surface area contributed by atoms with E-state index in [1.807, 2.05) is 21.1 Å². The molecule has 0 saturated carbocycles. The van der Waals surface area contributed by atoms with Gasteiger partial charge in [-0.2, -0.15) is 0 Å². The van der Waals surface area contributed by atoms with Gasteiger partial charge in [0.1, 0.15) is 19.3 Å². The molecule has 0 spiro atoms. The van der Waals surface area contributed by atoms with Crippen molar-refractivity contribution in [3.8, 4) is 0 Å². The number of aliphatic hydroxyl groups excluding tert-OH is 2. The third kappa shape index (κ3) is 33.3. The van der Waals surface area contributed by atoms with Gasteiger partial charge in [0.25, 0.3) is 0 Å². The van der Waals surface area contributed by atoms with Crippen LogP contribution in [0.3, 0.4) is 0 Å². The van der Waals surface area contributed by atoms with Crippen molar-refractivity contribution in [2.45, 2.75) is 192 Å². The SMILES string of the molecule is CCCCCCCC/C=C\CCCCCCCC(=O)C(O)(C(=O)CCCCCCCCCCCCC)C(O)CO.C[N+](C)(C)CCOP(=O)(O)O. The largest absolute Gasteiger partial charge is 0.469 e. The number of carbonyl (C=O) groups excluding carboxylic acids is 2. The average Bonchev–Trinajstić information content (AvgIpc) is 3.06. The number of aliphatic hydroxyl groups is 3. The maximum absolute atomic E-state index is 12.8. The number of phosphoric ester groups is 1. The summed E-state index contributed by atoms with van der Waals surface area (Å²) in [6, 6.07) is 0. The van der Waals surface area contributed by atoms with Crippen molar-refractivity contribution in [1.29, 1.82) is 0 Å². The molecule has 304 valence electrons. The summed E-state index contributed by atoms with van der Waals surface area (Å²) in [5.74, 6) is -1.30. The Kier molecular flexibility index (Phi) is 34.3. The van der Waals surface area contributed by atoms with Crippen molar-refractivity contribution in [2.75, 3.05) is 40.9 Å². The van der Waals surface area contributed by atoms with Crippen LogP contribution in [-0.2, 0) is 18.7 Å². The molecular weight excluding hydrogens is 669 g/mol. The molecule has 10 nitrogen and oxygen atoms in total. The second-order valence-electron chi connectivity index (χ2n) is 15.3. The van der Waals surface area contributed by atoms with Crippen LogP contribution in [-0.4, -0.2) is 93.8 Å². The molecule has 0 aliphatic heterocycles. The summed E-state index contributed by atoms with van der Waals surface area (Å²) in [5.41, 5.74) is -2.48. The van der Waals surface area contributed by atoms with Crippen LogP contribution in [0.2, 0.25) is 0 Å². The number of likely N-dealkylation sites (N-methyl/N-ethyl adjacent to an activating group) is 1. The number of rotatable bonds is 35. The van der Waals surface area contributed by atoms with Gasteiger partial charge in [-0.3, -0.25) is 14.1 Å². The molecule has 0 aromatic carbocycles. The fourth-order valence-electron chi connectivity index (χ4n) is 5.78. The third-order valence-corrected chi connectivity index (χ3v) is 9.72. The van der Waals surface area contributed by atoms with Crippen molar-refractivity contribution in [3.63, 3.8) is 0 Å². The van der Waals surface area contributed by atoms with Gasteiger partial charge in [-0.1, -0.05) is 142 Å².